The molecule has 0 atom stereocenters. The number of carbonyl (C=O) groups excluding carboxylic acids is 2. The summed E-state index contributed by atoms with van der Waals surface area (Å²) in [6.07, 6.45) is -4.70. The van der Waals surface area contributed by atoms with E-state index in [2.05, 4.69) is 0 Å². The van der Waals surface area contributed by atoms with Gasteiger partial charge in [-0.3, -0.25) is 9.59 Å². The third kappa shape index (κ3) is 2.24. The number of benzene rings is 1. The van der Waals surface area contributed by atoms with E-state index >= 15 is 0 Å². The van der Waals surface area contributed by atoms with Gasteiger partial charge < -0.3 is 0 Å². The molecule has 1 aromatic rings. The second-order valence-corrected chi connectivity index (χ2v) is 3.45. The van der Waals surface area contributed by atoms with Gasteiger partial charge in [0.15, 0.2) is 6.29 Å². The molecule has 0 aromatic heterocycles. The zero-order valence-electron chi connectivity index (χ0n) is 8.06. The highest BCUT2D eigenvalue weighted by molar-refractivity contribution is 6.68. The molecule has 0 aliphatic carbocycles. The van der Waals surface area contributed by atoms with Gasteiger partial charge in [0.05, 0.1) is 5.56 Å². The fourth-order valence-electron chi connectivity index (χ4n) is 1.36. The molecular formula is C10H6ClF3O2. The second-order valence-electron chi connectivity index (χ2n) is 3.11. The monoisotopic (exact) mass is 250 g/mol. The normalized spacial score (nSPS) is 11.3. The van der Waals surface area contributed by atoms with Gasteiger partial charge in [0.25, 0.3) is 5.24 Å². The summed E-state index contributed by atoms with van der Waals surface area (Å²) < 4.78 is 37.5. The Balaban J connectivity index is 3.62. The predicted octanol–water partition coefficient (Wildman–Crippen LogP) is 3.21. The van der Waals surface area contributed by atoms with Crippen LogP contribution in [0.2, 0.25) is 0 Å². The number of aryl methyl sites for hydroxylation is 1. The highest BCUT2D eigenvalue weighted by Crippen LogP contribution is 2.34. The number of aldehydes is 1. The molecule has 0 fully saturated rings. The Morgan fingerprint density at radius 2 is 1.94 bits per heavy atom. The van der Waals surface area contributed by atoms with Crippen LogP contribution in [-0.4, -0.2) is 11.5 Å². The van der Waals surface area contributed by atoms with E-state index in [1.54, 1.807) is 0 Å². The topological polar surface area (TPSA) is 34.1 Å². The van der Waals surface area contributed by atoms with Crippen molar-refractivity contribution in [3.8, 4) is 0 Å². The molecule has 0 saturated heterocycles. The number of halogens is 4. The van der Waals surface area contributed by atoms with Crippen molar-refractivity contribution in [1.82, 2.24) is 0 Å². The van der Waals surface area contributed by atoms with Gasteiger partial charge in [0, 0.05) is 11.1 Å². The molecule has 0 aliphatic rings. The molecule has 1 aromatic carbocycles. The molecule has 0 heterocycles. The van der Waals surface area contributed by atoms with E-state index in [-0.39, 0.29) is 11.8 Å². The van der Waals surface area contributed by atoms with Crippen molar-refractivity contribution in [3.05, 3.63) is 34.4 Å². The summed E-state index contributed by atoms with van der Waals surface area (Å²) in [4.78, 5) is 21.6. The maximum atomic E-state index is 12.5. The summed E-state index contributed by atoms with van der Waals surface area (Å²) in [5.41, 5.74) is -2.04. The molecule has 2 nitrogen and oxygen atoms in total. The average molecular weight is 251 g/mol. The summed E-state index contributed by atoms with van der Waals surface area (Å²) in [5, 5.41) is -1.08. The third-order valence-corrected chi connectivity index (χ3v) is 2.26. The van der Waals surface area contributed by atoms with Gasteiger partial charge in [0.1, 0.15) is 0 Å². The molecule has 0 N–H and O–H groups in total. The fourth-order valence-corrected chi connectivity index (χ4v) is 1.61. The van der Waals surface area contributed by atoms with Crippen molar-refractivity contribution in [1.29, 1.82) is 0 Å². The van der Waals surface area contributed by atoms with Crippen molar-refractivity contribution in [2.24, 2.45) is 0 Å². The molecular weight excluding hydrogens is 245 g/mol. The van der Waals surface area contributed by atoms with Crippen LogP contribution < -0.4 is 0 Å². The average Bonchev–Trinajstić information content (AvgIpc) is 2.14. The van der Waals surface area contributed by atoms with E-state index in [0.29, 0.717) is 0 Å². The van der Waals surface area contributed by atoms with Crippen LogP contribution in [0.4, 0.5) is 13.2 Å². The van der Waals surface area contributed by atoms with Gasteiger partial charge in [-0.05, 0) is 30.2 Å². The summed E-state index contributed by atoms with van der Waals surface area (Å²) in [6.45, 7) is 1.41. The maximum Gasteiger partial charge on any atom is 0.417 e. The van der Waals surface area contributed by atoms with Crippen LogP contribution in [0.15, 0.2) is 12.1 Å². The van der Waals surface area contributed by atoms with Gasteiger partial charge in [-0.25, -0.2) is 0 Å². The standard InChI is InChI=1S/C10H6ClF3O2/c1-5-2-3-7(10(12,13)14)6(4-15)8(5)9(11)16/h2-4H,1H3. The molecule has 0 spiro atoms. The molecule has 1 rings (SSSR count). The zero-order valence-corrected chi connectivity index (χ0v) is 8.82. The van der Waals surface area contributed by atoms with Crippen LogP contribution in [-0.2, 0) is 6.18 Å². The number of carbonyl (C=O) groups is 2. The van der Waals surface area contributed by atoms with Gasteiger partial charge in [-0.15, -0.1) is 0 Å². The van der Waals surface area contributed by atoms with Crippen LogP contribution in [0, 0.1) is 6.92 Å². The van der Waals surface area contributed by atoms with E-state index < -0.39 is 28.1 Å². The van der Waals surface area contributed by atoms with Crippen LogP contribution in [0.1, 0.15) is 31.8 Å². The minimum atomic E-state index is -4.69. The first kappa shape index (κ1) is 12.7. The number of alkyl halides is 3. The summed E-state index contributed by atoms with van der Waals surface area (Å²) in [6, 6.07) is 1.85. The number of hydrogen-bond acceptors (Lipinski definition) is 2. The smallest absolute Gasteiger partial charge is 0.298 e. The lowest BCUT2D eigenvalue weighted by molar-refractivity contribution is -0.137. The minimum absolute atomic E-state index is 0.00850. The molecule has 0 saturated carbocycles. The van der Waals surface area contributed by atoms with E-state index in [1.165, 1.54) is 6.92 Å². The van der Waals surface area contributed by atoms with Crippen molar-refractivity contribution in [2.45, 2.75) is 13.1 Å². The molecule has 0 aliphatic heterocycles. The SMILES string of the molecule is Cc1ccc(C(F)(F)F)c(C=O)c1C(=O)Cl. The Bertz CT molecular complexity index is 452. The van der Waals surface area contributed by atoms with E-state index in [1.807, 2.05) is 0 Å². The van der Waals surface area contributed by atoms with Crippen molar-refractivity contribution in [3.63, 3.8) is 0 Å². The van der Waals surface area contributed by atoms with Crippen molar-refractivity contribution >= 4 is 23.1 Å². The lowest BCUT2D eigenvalue weighted by Crippen LogP contribution is -2.13. The van der Waals surface area contributed by atoms with Gasteiger partial charge >= 0.3 is 6.18 Å². The van der Waals surface area contributed by atoms with Crippen LogP contribution in [0.25, 0.3) is 0 Å². The molecule has 16 heavy (non-hydrogen) atoms. The highest BCUT2D eigenvalue weighted by Gasteiger charge is 2.35. The molecule has 6 heteroatoms. The van der Waals surface area contributed by atoms with E-state index in [4.69, 9.17) is 11.6 Å². The highest BCUT2D eigenvalue weighted by atomic mass is 35.5. The molecule has 0 bridgehead atoms. The first-order valence-corrected chi connectivity index (χ1v) is 4.52. The van der Waals surface area contributed by atoms with Crippen molar-refractivity contribution in [2.75, 3.05) is 0 Å². The Labute approximate surface area is 94.0 Å². The first-order chi connectivity index (χ1) is 7.29. The fraction of sp³-hybridized carbons (Fsp3) is 0.200. The Kier molecular flexibility index (Phi) is 3.38. The lowest BCUT2D eigenvalue weighted by Gasteiger charge is -2.12. The Morgan fingerprint density at radius 3 is 2.31 bits per heavy atom. The molecule has 0 unspecified atom stereocenters. The number of rotatable bonds is 2. The first-order valence-electron chi connectivity index (χ1n) is 4.15. The predicted molar refractivity (Wildman–Crippen MR) is 51.8 cm³/mol. The zero-order chi connectivity index (χ0) is 12.5. The van der Waals surface area contributed by atoms with Crippen LogP contribution in [0.3, 0.4) is 0 Å². The van der Waals surface area contributed by atoms with Gasteiger partial charge in [-0.2, -0.15) is 13.2 Å². The summed E-state index contributed by atoms with van der Waals surface area (Å²) in [7, 11) is 0. The third-order valence-electron chi connectivity index (χ3n) is 2.07. The molecule has 86 valence electrons. The quantitative estimate of drug-likeness (QED) is 0.597. The second kappa shape index (κ2) is 4.25. The van der Waals surface area contributed by atoms with Crippen LogP contribution in [0.5, 0.6) is 0 Å². The number of hydrogen-bond donors (Lipinski definition) is 0. The Morgan fingerprint density at radius 1 is 1.38 bits per heavy atom. The van der Waals surface area contributed by atoms with Gasteiger partial charge in [0.2, 0.25) is 0 Å². The summed E-state index contributed by atoms with van der Waals surface area (Å²) in [5.74, 6) is 0. The van der Waals surface area contributed by atoms with Gasteiger partial charge in [-0.1, -0.05) is 6.07 Å². The minimum Gasteiger partial charge on any atom is -0.298 e. The lowest BCUT2D eigenvalue weighted by atomic mass is 9.98. The molecule has 0 amide bonds. The van der Waals surface area contributed by atoms with E-state index in [9.17, 15) is 22.8 Å². The Hall–Kier alpha value is -1.36. The maximum absolute atomic E-state index is 12.5. The largest absolute Gasteiger partial charge is 0.417 e. The molecule has 0 radical (unpaired) electrons. The van der Waals surface area contributed by atoms with Crippen LogP contribution >= 0.6 is 11.6 Å². The summed E-state index contributed by atoms with van der Waals surface area (Å²) >= 11 is 5.15. The van der Waals surface area contributed by atoms with E-state index in [0.717, 1.165) is 12.1 Å². The van der Waals surface area contributed by atoms with Crippen molar-refractivity contribution < 1.29 is 22.8 Å².